The van der Waals surface area contributed by atoms with Crippen LogP contribution < -0.4 is 0 Å². The maximum Gasteiger partial charge on any atom is 0.348 e. The second-order valence-electron chi connectivity index (χ2n) is 8.98. The SMILES string of the molecule is COC(=O)c1sc(CC(Cc2ccccc2)(Cc2cc3ccccc3s2)c2ccccn2)cc1C. The van der Waals surface area contributed by atoms with Crippen molar-refractivity contribution < 1.29 is 9.53 Å². The van der Waals surface area contributed by atoms with E-state index >= 15 is 0 Å². The van der Waals surface area contributed by atoms with E-state index in [-0.39, 0.29) is 11.4 Å². The average molecular weight is 498 g/mol. The van der Waals surface area contributed by atoms with Gasteiger partial charge in [-0.3, -0.25) is 4.98 Å². The van der Waals surface area contributed by atoms with Crippen molar-refractivity contribution in [2.45, 2.75) is 31.6 Å². The van der Waals surface area contributed by atoms with Crippen LogP contribution in [0.15, 0.2) is 91.1 Å². The molecule has 0 aliphatic heterocycles. The summed E-state index contributed by atoms with van der Waals surface area (Å²) in [4.78, 5) is 20.4. The predicted molar refractivity (Wildman–Crippen MR) is 146 cm³/mol. The van der Waals surface area contributed by atoms with Gasteiger partial charge < -0.3 is 4.74 Å². The first-order valence-corrected chi connectivity index (χ1v) is 13.3. The molecule has 0 fully saturated rings. The molecule has 5 aromatic rings. The first-order valence-electron chi connectivity index (χ1n) is 11.7. The smallest absolute Gasteiger partial charge is 0.348 e. The summed E-state index contributed by atoms with van der Waals surface area (Å²) in [5.41, 5.74) is 3.05. The molecule has 2 aromatic carbocycles. The van der Waals surface area contributed by atoms with E-state index in [2.05, 4.69) is 78.9 Å². The molecule has 176 valence electrons. The van der Waals surface area contributed by atoms with Crippen LogP contribution in [0, 0.1) is 6.92 Å². The zero-order valence-corrected chi connectivity index (χ0v) is 21.5. The third kappa shape index (κ3) is 5.07. The van der Waals surface area contributed by atoms with Crippen LogP contribution in [0.5, 0.6) is 0 Å². The second-order valence-corrected chi connectivity index (χ2v) is 11.3. The highest BCUT2D eigenvalue weighted by Crippen LogP contribution is 2.40. The van der Waals surface area contributed by atoms with Crippen LogP contribution in [0.25, 0.3) is 10.1 Å². The number of aromatic nitrogens is 1. The van der Waals surface area contributed by atoms with E-state index in [1.165, 1.54) is 32.5 Å². The number of methoxy groups -OCH3 is 1. The number of ether oxygens (including phenoxy) is 1. The Hall–Kier alpha value is -3.28. The molecule has 35 heavy (non-hydrogen) atoms. The summed E-state index contributed by atoms with van der Waals surface area (Å²) in [6.07, 6.45) is 4.39. The molecule has 0 amide bonds. The lowest BCUT2D eigenvalue weighted by molar-refractivity contribution is 0.0605. The highest BCUT2D eigenvalue weighted by atomic mass is 32.1. The minimum Gasteiger partial charge on any atom is -0.465 e. The first kappa shape index (κ1) is 23.5. The number of hydrogen-bond donors (Lipinski definition) is 0. The number of rotatable bonds is 8. The first-order chi connectivity index (χ1) is 17.1. The van der Waals surface area contributed by atoms with Crippen molar-refractivity contribution in [3.8, 4) is 0 Å². The Morgan fingerprint density at radius 3 is 2.29 bits per heavy atom. The van der Waals surface area contributed by atoms with Crippen molar-refractivity contribution >= 4 is 38.7 Å². The normalized spacial score (nSPS) is 13.0. The van der Waals surface area contributed by atoms with Crippen molar-refractivity contribution in [3.63, 3.8) is 0 Å². The Kier molecular flexibility index (Phi) is 6.80. The number of benzene rings is 2. The van der Waals surface area contributed by atoms with E-state index in [4.69, 9.17) is 9.72 Å². The average Bonchev–Trinajstić information content (AvgIpc) is 3.46. The zero-order valence-electron chi connectivity index (χ0n) is 19.9. The summed E-state index contributed by atoms with van der Waals surface area (Å²) in [7, 11) is 1.44. The maximum atomic E-state index is 12.3. The van der Waals surface area contributed by atoms with Crippen molar-refractivity contribution in [3.05, 3.63) is 123 Å². The largest absolute Gasteiger partial charge is 0.465 e. The molecule has 0 spiro atoms. The zero-order chi connectivity index (χ0) is 24.3. The fraction of sp³-hybridized carbons (Fsp3) is 0.200. The molecule has 0 radical (unpaired) electrons. The summed E-state index contributed by atoms with van der Waals surface area (Å²) in [6.45, 7) is 1.98. The van der Waals surface area contributed by atoms with E-state index in [0.29, 0.717) is 4.88 Å². The molecule has 0 N–H and O–H groups in total. The number of pyridine rings is 1. The molecule has 1 atom stereocenters. The van der Waals surface area contributed by atoms with Gasteiger partial charge in [-0.15, -0.1) is 22.7 Å². The van der Waals surface area contributed by atoms with Gasteiger partial charge in [0.05, 0.1) is 7.11 Å². The lowest BCUT2D eigenvalue weighted by atomic mass is 9.72. The molecule has 3 nitrogen and oxygen atoms in total. The maximum absolute atomic E-state index is 12.3. The highest BCUT2D eigenvalue weighted by Gasteiger charge is 2.36. The van der Waals surface area contributed by atoms with Crippen LogP contribution >= 0.6 is 22.7 Å². The van der Waals surface area contributed by atoms with E-state index in [1.54, 1.807) is 11.3 Å². The van der Waals surface area contributed by atoms with Crippen molar-refractivity contribution in [2.75, 3.05) is 7.11 Å². The van der Waals surface area contributed by atoms with Crippen LogP contribution in [0.1, 0.15) is 36.2 Å². The quantitative estimate of drug-likeness (QED) is 0.209. The van der Waals surface area contributed by atoms with Gasteiger partial charge in [0.25, 0.3) is 0 Å². The molecular weight excluding hydrogens is 470 g/mol. The van der Waals surface area contributed by atoms with Gasteiger partial charge >= 0.3 is 5.97 Å². The summed E-state index contributed by atoms with van der Waals surface area (Å²) in [5, 5.41) is 1.28. The molecule has 5 heteroatoms. The lowest BCUT2D eigenvalue weighted by Crippen LogP contribution is -2.35. The Balaban J connectivity index is 1.63. The van der Waals surface area contributed by atoms with E-state index < -0.39 is 0 Å². The highest BCUT2D eigenvalue weighted by molar-refractivity contribution is 7.19. The fourth-order valence-corrected chi connectivity index (χ4v) is 7.28. The van der Waals surface area contributed by atoms with Gasteiger partial charge in [-0.05, 0) is 73.0 Å². The Bertz CT molecular complexity index is 1410. The van der Waals surface area contributed by atoms with E-state index in [9.17, 15) is 4.79 Å². The molecule has 0 aliphatic carbocycles. The molecule has 0 saturated carbocycles. The van der Waals surface area contributed by atoms with E-state index in [1.807, 2.05) is 30.5 Å². The Morgan fingerprint density at radius 1 is 0.857 bits per heavy atom. The van der Waals surface area contributed by atoms with Crippen molar-refractivity contribution in [1.29, 1.82) is 0 Å². The number of hydrogen-bond acceptors (Lipinski definition) is 5. The van der Waals surface area contributed by atoms with Gasteiger partial charge in [0.1, 0.15) is 4.88 Å². The second kappa shape index (κ2) is 10.1. The van der Waals surface area contributed by atoms with Crippen molar-refractivity contribution in [2.24, 2.45) is 0 Å². The van der Waals surface area contributed by atoms with Crippen LogP contribution in [0.3, 0.4) is 0 Å². The Morgan fingerprint density at radius 2 is 1.57 bits per heavy atom. The molecule has 3 heterocycles. The van der Waals surface area contributed by atoms with Crippen LogP contribution in [0.2, 0.25) is 0 Å². The number of aryl methyl sites for hydroxylation is 1. The topological polar surface area (TPSA) is 39.2 Å². The number of esters is 1. The third-order valence-corrected chi connectivity index (χ3v) is 8.77. The monoisotopic (exact) mass is 497 g/mol. The standard InChI is InChI=1S/C30H27NO2S2/c1-21-16-24(35-28(21)29(32)33-2)19-30(27-14-8-9-15-31-27,18-22-10-4-3-5-11-22)20-25-17-23-12-6-7-13-26(23)34-25/h3-17H,18-20H2,1-2H3. The van der Waals surface area contributed by atoms with Crippen molar-refractivity contribution in [1.82, 2.24) is 4.98 Å². The van der Waals surface area contributed by atoms with Crippen LogP contribution in [-0.4, -0.2) is 18.1 Å². The van der Waals surface area contributed by atoms with Gasteiger partial charge in [0.2, 0.25) is 0 Å². The molecule has 0 saturated heterocycles. The number of carbonyl (C=O) groups excluding carboxylic acids is 1. The molecule has 0 aliphatic rings. The lowest BCUT2D eigenvalue weighted by Gasteiger charge is -2.33. The molecular formula is C30H27NO2S2. The Labute approximate surface area is 214 Å². The molecule has 1 unspecified atom stereocenters. The van der Waals surface area contributed by atoms with Gasteiger partial charge in [-0.2, -0.15) is 0 Å². The minimum atomic E-state index is -0.270. The summed E-state index contributed by atoms with van der Waals surface area (Å²) >= 11 is 3.40. The summed E-state index contributed by atoms with van der Waals surface area (Å²) in [6, 6.07) is 29.9. The number of nitrogens with zero attached hydrogens (tertiary/aromatic N) is 1. The summed E-state index contributed by atoms with van der Waals surface area (Å²) in [5.74, 6) is -0.269. The van der Waals surface area contributed by atoms with Gasteiger partial charge in [-0.1, -0.05) is 54.6 Å². The number of fused-ring (bicyclic) bond motifs is 1. The summed E-state index contributed by atoms with van der Waals surface area (Å²) < 4.78 is 6.33. The fourth-order valence-electron chi connectivity index (χ4n) is 4.84. The molecule has 3 aromatic heterocycles. The molecule has 0 bridgehead atoms. The van der Waals surface area contributed by atoms with Gasteiger partial charge in [0.15, 0.2) is 0 Å². The number of thiophene rings is 2. The van der Waals surface area contributed by atoms with Crippen LogP contribution in [0.4, 0.5) is 0 Å². The third-order valence-electron chi connectivity index (χ3n) is 6.43. The minimum absolute atomic E-state index is 0.269. The van der Waals surface area contributed by atoms with Gasteiger partial charge in [0, 0.05) is 31.8 Å². The number of carbonyl (C=O) groups is 1. The van der Waals surface area contributed by atoms with Crippen LogP contribution in [-0.2, 0) is 29.4 Å². The van der Waals surface area contributed by atoms with E-state index in [0.717, 1.165) is 30.5 Å². The predicted octanol–water partition coefficient (Wildman–Crippen LogP) is 7.42. The van der Waals surface area contributed by atoms with Gasteiger partial charge in [-0.25, -0.2) is 4.79 Å². The molecule has 5 rings (SSSR count).